The molecule has 1 fully saturated rings. The highest BCUT2D eigenvalue weighted by molar-refractivity contribution is 5.69. The van der Waals surface area contributed by atoms with Crippen LogP contribution in [0.1, 0.15) is 25.5 Å². The second-order valence-corrected chi connectivity index (χ2v) is 5.37. The van der Waals surface area contributed by atoms with E-state index in [1.54, 1.807) is 0 Å². The van der Waals surface area contributed by atoms with E-state index in [4.69, 9.17) is 5.11 Å². The molecule has 19 heavy (non-hydrogen) atoms. The Morgan fingerprint density at radius 3 is 2.47 bits per heavy atom. The van der Waals surface area contributed by atoms with Crippen LogP contribution in [0, 0.1) is 0 Å². The van der Waals surface area contributed by atoms with Crippen LogP contribution >= 0.6 is 0 Å². The third-order valence-electron chi connectivity index (χ3n) is 3.41. The molecule has 106 valence electrons. The number of rotatable bonds is 5. The van der Waals surface area contributed by atoms with Crippen molar-refractivity contribution in [1.29, 1.82) is 0 Å². The summed E-state index contributed by atoms with van der Waals surface area (Å²) in [6.07, 6.45) is 4.01. The Bertz CT molecular complexity index is 422. The zero-order valence-corrected chi connectivity index (χ0v) is 11.6. The molecule has 1 saturated heterocycles. The Hall–Kier alpha value is -1.40. The molecule has 1 aliphatic rings. The summed E-state index contributed by atoms with van der Waals surface area (Å²) in [7, 11) is 0. The van der Waals surface area contributed by atoms with Crippen LogP contribution in [0.4, 0.5) is 0 Å². The molecule has 6 nitrogen and oxygen atoms in total. The lowest BCUT2D eigenvalue weighted by Gasteiger charge is -2.33. The van der Waals surface area contributed by atoms with Crippen molar-refractivity contribution in [2.24, 2.45) is 0 Å². The predicted octanol–water partition coefficient (Wildman–Crippen LogP) is 0.666. The number of carboxylic acids is 1. The molecule has 0 aliphatic carbocycles. The molecule has 6 heteroatoms. The number of piperazine rings is 1. The van der Waals surface area contributed by atoms with Crippen molar-refractivity contribution in [3.63, 3.8) is 0 Å². The van der Waals surface area contributed by atoms with Crippen molar-refractivity contribution in [2.75, 3.05) is 32.7 Å². The van der Waals surface area contributed by atoms with E-state index in [-0.39, 0.29) is 6.54 Å². The van der Waals surface area contributed by atoms with Gasteiger partial charge in [-0.1, -0.05) is 0 Å². The minimum atomic E-state index is -0.744. The first-order chi connectivity index (χ1) is 9.04. The zero-order valence-electron chi connectivity index (χ0n) is 11.6. The molecule has 0 bridgehead atoms. The Kier molecular flexibility index (Phi) is 4.55. The maximum atomic E-state index is 10.6. The van der Waals surface area contributed by atoms with Crippen LogP contribution in [0.5, 0.6) is 0 Å². The predicted molar refractivity (Wildman–Crippen MR) is 72.0 cm³/mol. The number of aliphatic carboxylic acids is 1. The van der Waals surface area contributed by atoms with E-state index >= 15 is 0 Å². The maximum absolute atomic E-state index is 10.6. The smallest absolute Gasteiger partial charge is 0.317 e. The standard InChI is InChI=1S/C13H22N4O2/c1-11(2)17-9-12(7-14-17)8-15-3-5-16(6-4-15)10-13(18)19/h7,9,11H,3-6,8,10H2,1-2H3,(H,18,19). The van der Waals surface area contributed by atoms with Gasteiger partial charge in [0.2, 0.25) is 0 Å². The van der Waals surface area contributed by atoms with Crippen molar-refractivity contribution in [1.82, 2.24) is 19.6 Å². The van der Waals surface area contributed by atoms with Gasteiger partial charge in [0, 0.05) is 50.5 Å². The summed E-state index contributed by atoms with van der Waals surface area (Å²) in [5, 5.41) is 13.1. The van der Waals surface area contributed by atoms with E-state index in [9.17, 15) is 4.79 Å². The normalized spacial score (nSPS) is 18.1. The van der Waals surface area contributed by atoms with Crippen LogP contribution in [-0.4, -0.2) is 63.4 Å². The van der Waals surface area contributed by atoms with E-state index in [1.807, 2.05) is 15.8 Å². The molecule has 0 unspecified atom stereocenters. The van der Waals surface area contributed by atoms with Gasteiger partial charge in [0.15, 0.2) is 0 Å². The molecule has 2 rings (SSSR count). The Labute approximate surface area is 113 Å². The fourth-order valence-corrected chi connectivity index (χ4v) is 2.30. The van der Waals surface area contributed by atoms with Crippen LogP contribution in [0.25, 0.3) is 0 Å². The average molecular weight is 266 g/mol. The summed E-state index contributed by atoms with van der Waals surface area (Å²) in [6.45, 7) is 8.76. The van der Waals surface area contributed by atoms with Crippen LogP contribution < -0.4 is 0 Å². The third-order valence-corrected chi connectivity index (χ3v) is 3.41. The lowest BCUT2D eigenvalue weighted by molar-refractivity contribution is -0.138. The minimum absolute atomic E-state index is 0.152. The molecule has 0 radical (unpaired) electrons. The molecule has 1 aliphatic heterocycles. The minimum Gasteiger partial charge on any atom is -0.480 e. The fraction of sp³-hybridized carbons (Fsp3) is 0.692. The molecule has 0 aromatic carbocycles. The van der Waals surface area contributed by atoms with Crippen LogP contribution in [0.15, 0.2) is 12.4 Å². The molecule has 2 heterocycles. The van der Waals surface area contributed by atoms with E-state index in [0.29, 0.717) is 6.04 Å². The molecular weight excluding hydrogens is 244 g/mol. The van der Waals surface area contributed by atoms with Gasteiger partial charge in [0.05, 0.1) is 12.7 Å². The van der Waals surface area contributed by atoms with Crippen LogP contribution in [0.2, 0.25) is 0 Å². The van der Waals surface area contributed by atoms with Crippen molar-refractivity contribution < 1.29 is 9.90 Å². The largest absolute Gasteiger partial charge is 0.480 e. The van der Waals surface area contributed by atoms with Crippen LogP contribution in [-0.2, 0) is 11.3 Å². The zero-order chi connectivity index (χ0) is 13.8. The topological polar surface area (TPSA) is 61.6 Å². The Balaban J connectivity index is 1.80. The van der Waals surface area contributed by atoms with Gasteiger partial charge in [-0.3, -0.25) is 19.3 Å². The number of hydrogen-bond donors (Lipinski definition) is 1. The van der Waals surface area contributed by atoms with Gasteiger partial charge in [-0.05, 0) is 13.8 Å². The number of aromatic nitrogens is 2. The van der Waals surface area contributed by atoms with E-state index in [0.717, 1.165) is 32.7 Å². The van der Waals surface area contributed by atoms with Gasteiger partial charge in [-0.25, -0.2) is 0 Å². The van der Waals surface area contributed by atoms with Gasteiger partial charge in [0.25, 0.3) is 0 Å². The maximum Gasteiger partial charge on any atom is 0.317 e. The summed E-state index contributed by atoms with van der Waals surface area (Å²) >= 11 is 0. The number of carboxylic acid groups (broad SMARTS) is 1. The monoisotopic (exact) mass is 266 g/mol. The first kappa shape index (κ1) is 14.0. The van der Waals surface area contributed by atoms with Crippen LogP contribution in [0.3, 0.4) is 0 Å². The van der Waals surface area contributed by atoms with Gasteiger partial charge in [-0.15, -0.1) is 0 Å². The van der Waals surface area contributed by atoms with Gasteiger partial charge >= 0.3 is 5.97 Å². The molecule has 1 aromatic rings. The van der Waals surface area contributed by atoms with Gasteiger partial charge < -0.3 is 5.11 Å². The highest BCUT2D eigenvalue weighted by Gasteiger charge is 2.19. The van der Waals surface area contributed by atoms with Crippen molar-refractivity contribution in [3.8, 4) is 0 Å². The number of hydrogen-bond acceptors (Lipinski definition) is 4. The first-order valence-electron chi connectivity index (χ1n) is 6.74. The summed E-state index contributed by atoms with van der Waals surface area (Å²) in [6, 6.07) is 0.390. The highest BCUT2D eigenvalue weighted by atomic mass is 16.4. The second kappa shape index (κ2) is 6.16. The molecule has 1 aromatic heterocycles. The Morgan fingerprint density at radius 2 is 1.95 bits per heavy atom. The molecule has 0 amide bonds. The third kappa shape index (κ3) is 4.04. The van der Waals surface area contributed by atoms with Crippen molar-refractivity contribution in [3.05, 3.63) is 18.0 Å². The first-order valence-corrected chi connectivity index (χ1v) is 6.74. The molecular formula is C13H22N4O2. The molecule has 0 spiro atoms. The highest BCUT2D eigenvalue weighted by Crippen LogP contribution is 2.10. The lowest BCUT2D eigenvalue weighted by Crippen LogP contribution is -2.47. The fourth-order valence-electron chi connectivity index (χ4n) is 2.30. The molecule has 1 N–H and O–H groups in total. The SMILES string of the molecule is CC(C)n1cc(CN2CCN(CC(=O)O)CC2)cn1. The van der Waals surface area contributed by atoms with Crippen molar-refractivity contribution >= 4 is 5.97 Å². The summed E-state index contributed by atoms with van der Waals surface area (Å²) in [4.78, 5) is 15.0. The van der Waals surface area contributed by atoms with E-state index < -0.39 is 5.97 Å². The summed E-state index contributed by atoms with van der Waals surface area (Å²) < 4.78 is 1.97. The quantitative estimate of drug-likeness (QED) is 0.848. The molecule has 0 atom stereocenters. The molecule has 0 saturated carbocycles. The lowest BCUT2D eigenvalue weighted by atomic mass is 10.2. The number of carbonyl (C=O) groups is 1. The number of nitrogens with zero attached hydrogens (tertiary/aromatic N) is 4. The summed E-state index contributed by atoms with van der Waals surface area (Å²) in [5.41, 5.74) is 1.22. The van der Waals surface area contributed by atoms with E-state index in [1.165, 1.54) is 5.56 Å². The average Bonchev–Trinajstić information content (AvgIpc) is 2.80. The van der Waals surface area contributed by atoms with Gasteiger partial charge in [-0.2, -0.15) is 5.10 Å². The Morgan fingerprint density at radius 1 is 1.32 bits per heavy atom. The van der Waals surface area contributed by atoms with E-state index in [2.05, 4.69) is 30.0 Å². The van der Waals surface area contributed by atoms with Gasteiger partial charge in [0.1, 0.15) is 0 Å². The van der Waals surface area contributed by atoms with Crippen molar-refractivity contribution in [2.45, 2.75) is 26.4 Å². The summed E-state index contributed by atoms with van der Waals surface area (Å²) in [5.74, 6) is -0.744. The second-order valence-electron chi connectivity index (χ2n) is 5.37.